The molecular formula is C14H16N4O4S. The Balaban J connectivity index is 1.97. The molecule has 8 nitrogen and oxygen atoms in total. The Kier molecular flexibility index (Phi) is 4.39. The fourth-order valence-electron chi connectivity index (χ4n) is 2.44. The lowest BCUT2D eigenvalue weighted by Crippen LogP contribution is -2.27. The van der Waals surface area contributed by atoms with E-state index in [4.69, 9.17) is 9.84 Å². The average molecular weight is 336 g/mol. The lowest BCUT2D eigenvalue weighted by Gasteiger charge is -2.13. The Morgan fingerprint density at radius 2 is 2.35 bits per heavy atom. The first kappa shape index (κ1) is 15.6. The maximum absolute atomic E-state index is 12.1. The number of nitrogens with one attached hydrogen (secondary N) is 2. The molecule has 3 heterocycles. The van der Waals surface area contributed by atoms with Crippen molar-refractivity contribution >= 4 is 23.7 Å². The molecular weight excluding hydrogens is 320 g/mol. The first-order valence-electron chi connectivity index (χ1n) is 7.00. The number of imidazole rings is 1. The average Bonchev–Trinajstić information content (AvgIpc) is 2.85. The lowest BCUT2D eigenvalue weighted by atomic mass is 10.1. The largest absolute Gasteiger partial charge is 0.477 e. The second-order valence-electron chi connectivity index (χ2n) is 5.04. The van der Waals surface area contributed by atoms with E-state index in [1.165, 1.54) is 30.5 Å². The molecule has 0 fully saturated rings. The number of hydrogen-bond acceptors (Lipinski definition) is 7. The topological polar surface area (TPSA) is 105 Å². The zero-order valence-electron chi connectivity index (χ0n) is 12.4. The highest BCUT2D eigenvalue weighted by Crippen LogP contribution is 2.38. The summed E-state index contributed by atoms with van der Waals surface area (Å²) < 4.78 is 6.86. The highest BCUT2D eigenvalue weighted by molar-refractivity contribution is 8.02. The van der Waals surface area contributed by atoms with Crippen LogP contribution < -0.4 is 10.6 Å². The molecule has 23 heavy (non-hydrogen) atoms. The first-order chi connectivity index (χ1) is 11.1. The number of ether oxygens (including phenoxy) is 1. The molecule has 1 aromatic heterocycles. The number of carboxylic acids is 1. The minimum absolute atomic E-state index is 0.00421. The van der Waals surface area contributed by atoms with Gasteiger partial charge in [0, 0.05) is 30.9 Å². The Morgan fingerprint density at radius 1 is 1.52 bits per heavy atom. The van der Waals surface area contributed by atoms with E-state index in [0.29, 0.717) is 17.8 Å². The maximum Gasteiger partial charge on any atom is 0.352 e. The molecule has 0 aliphatic carbocycles. The van der Waals surface area contributed by atoms with E-state index in [-0.39, 0.29) is 5.70 Å². The van der Waals surface area contributed by atoms with Crippen molar-refractivity contribution < 1.29 is 19.4 Å². The molecule has 1 atom stereocenters. The molecule has 0 amide bonds. The second-order valence-corrected chi connectivity index (χ2v) is 6.02. The van der Waals surface area contributed by atoms with Gasteiger partial charge in [0.05, 0.1) is 30.2 Å². The number of nitrogens with zero attached hydrogens (tertiary/aromatic N) is 2. The van der Waals surface area contributed by atoms with Crippen molar-refractivity contribution in [3.8, 4) is 0 Å². The predicted molar refractivity (Wildman–Crippen MR) is 83.2 cm³/mol. The van der Waals surface area contributed by atoms with Crippen molar-refractivity contribution in [2.75, 3.05) is 13.7 Å². The Bertz CT molecular complexity index is 686. The monoisotopic (exact) mass is 336 g/mol. The molecule has 1 unspecified atom stereocenters. The van der Waals surface area contributed by atoms with E-state index < -0.39 is 17.2 Å². The summed E-state index contributed by atoms with van der Waals surface area (Å²) in [5.74, 6) is -0.707. The molecule has 0 radical (unpaired) electrons. The van der Waals surface area contributed by atoms with Gasteiger partial charge in [-0.2, -0.15) is 0 Å². The van der Waals surface area contributed by atoms with E-state index in [1.54, 1.807) is 0 Å². The van der Waals surface area contributed by atoms with E-state index in [2.05, 4.69) is 15.6 Å². The van der Waals surface area contributed by atoms with Crippen molar-refractivity contribution in [3.05, 3.63) is 40.6 Å². The van der Waals surface area contributed by atoms with Crippen LogP contribution in [0.15, 0.2) is 29.1 Å². The van der Waals surface area contributed by atoms with Gasteiger partial charge < -0.3 is 25.0 Å². The van der Waals surface area contributed by atoms with Crippen molar-refractivity contribution in [1.29, 1.82) is 0 Å². The summed E-state index contributed by atoms with van der Waals surface area (Å²) in [5.41, 5.74) is 1.04. The molecule has 3 N–H and O–H groups in total. The standard InChI is InChI=1S/C14H16N4O4S/c1-22-14(21)8-4-16-10(13(19)20)7-23-12(8)9-6-18-3-2-15-5-11(18)17-9/h4,6-7,12,15-16H,2-3,5H2,1H3,(H,19,20). The molecule has 2 aliphatic heterocycles. The summed E-state index contributed by atoms with van der Waals surface area (Å²) in [7, 11) is 1.30. The summed E-state index contributed by atoms with van der Waals surface area (Å²) in [6, 6.07) is 0. The van der Waals surface area contributed by atoms with Gasteiger partial charge >= 0.3 is 11.9 Å². The van der Waals surface area contributed by atoms with Crippen LogP contribution in [0.2, 0.25) is 0 Å². The number of thioether (sulfide) groups is 1. The summed E-state index contributed by atoms with van der Waals surface area (Å²) in [6.07, 6.45) is 3.29. The van der Waals surface area contributed by atoms with E-state index >= 15 is 0 Å². The van der Waals surface area contributed by atoms with Gasteiger partial charge in [-0.05, 0) is 0 Å². The molecule has 0 saturated heterocycles. The second kappa shape index (κ2) is 6.47. The van der Waals surface area contributed by atoms with Crippen molar-refractivity contribution in [1.82, 2.24) is 20.2 Å². The zero-order chi connectivity index (χ0) is 16.4. The van der Waals surface area contributed by atoms with Crippen LogP contribution in [-0.2, 0) is 27.4 Å². The fourth-order valence-corrected chi connectivity index (χ4v) is 3.44. The van der Waals surface area contributed by atoms with E-state index in [0.717, 1.165) is 18.9 Å². The van der Waals surface area contributed by atoms with E-state index in [9.17, 15) is 9.59 Å². The van der Waals surface area contributed by atoms with Crippen LogP contribution >= 0.6 is 11.8 Å². The smallest absolute Gasteiger partial charge is 0.352 e. The quantitative estimate of drug-likeness (QED) is 0.679. The van der Waals surface area contributed by atoms with Crippen LogP contribution in [0.5, 0.6) is 0 Å². The van der Waals surface area contributed by atoms with Crippen LogP contribution in [0, 0.1) is 0 Å². The van der Waals surface area contributed by atoms with E-state index in [1.807, 2.05) is 10.8 Å². The molecule has 0 spiro atoms. The Morgan fingerprint density at radius 3 is 3.04 bits per heavy atom. The van der Waals surface area contributed by atoms with Gasteiger partial charge in [0.15, 0.2) is 0 Å². The molecule has 2 aliphatic rings. The number of aromatic nitrogens is 2. The SMILES string of the molecule is COC(=O)C1=CNC(C(=O)O)=CSC1c1cn2c(n1)CNCC2. The van der Waals surface area contributed by atoms with Gasteiger partial charge in [-0.1, -0.05) is 0 Å². The number of rotatable bonds is 3. The molecule has 9 heteroatoms. The Hall–Kier alpha value is -2.26. The fraction of sp³-hybridized carbons (Fsp3) is 0.357. The minimum atomic E-state index is -1.09. The highest BCUT2D eigenvalue weighted by atomic mass is 32.2. The third-order valence-corrected chi connectivity index (χ3v) is 4.74. The number of carbonyl (C=O) groups excluding carboxylic acids is 1. The van der Waals surface area contributed by atoms with Crippen molar-refractivity contribution in [2.45, 2.75) is 18.3 Å². The number of carboxylic acid groups (broad SMARTS) is 1. The van der Waals surface area contributed by atoms with Gasteiger partial charge in [0.25, 0.3) is 0 Å². The number of methoxy groups -OCH3 is 1. The molecule has 0 aromatic carbocycles. The van der Waals surface area contributed by atoms with Crippen LogP contribution in [0.3, 0.4) is 0 Å². The summed E-state index contributed by atoms with van der Waals surface area (Å²) in [4.78, 5) is 27.8. The summed E-state index contributed by atoms with van der Waals surface area (Å²) in [5, 5.41) is 16.1. The first-order valence-corrected chi connectivity index (χ1v) is 7.95. The van der Waals surface area contributed by atoms with Crippen LogP contribution in [0.4, 0.5) is 0 Å². The van der Waals surface area contributed by atoms with Gasteiger partial charge in [0.1, 0.15) is 11.5 Å². The van der Waals surface area contributed by atoms with Crippen LogP contribution in [0.25, 0.3) is 0 Å². The zero-order valence-corrected chi connectivity index (χ0v) is 13.2. The number of fused-ring (bicyclic) bond motifs is 1. The third kappa shape index (κ3) is 3.10. The summed E-state index contributed by atoms with van der Waals surface area (Å²) in [6.45, 7) is 2.35. The van der Waals surface area contributed by atoms with Crippen molar-refractivity contribution in [3.63, 3.8) is 0 Å². The maximum atomic E-state index is 12.1. The van der Waals surface area contributed by atoms with Crippen molar-refractivity contribution in [2.24, 2.45) is 0 Å². The minimum Gasteiger partial charge on any atom is -0.477 e. The Labute approximate surface area is 136 Å². The number of carbonyl (C=O) groups is 2. The number of esters is 1. The van der Waals surface area contributed by atoms with Crippen LogP contribution in [-0.4, -0.2) is 40.3 Å². The predicted octanol–water partition coefficient (Wildman–Crippen LogP) is 0.347. The number of aliphatic carboxylic acids is 1. The molecule has 122 valence electrons. The lowest BCUT2D eigenvalue weighted by molar-refractivity contribution is -0.136. The van der Waals surface area contributed by atoms with Gasteiger partial charge in [-0.15, -0.1) is 11.8 Å². The van der Waals surface area contributed by atoms with Gasteiger partial charge in [0.2, 0.25) is 0 Å². The number of hydrogen-bond donors (Lipinski definition) is 3. The van der Waals surface area contributed by atoms with Crippen LogP contribution in [0.1, 0.15) is 16.8 Å². The van der Waals surface area contributed by atoms with Gasteiger partial charge in [-0.3, -0.25) is 0 Å². The molecule has 0 bridgehead atoms. The normalized spacial score (nSPS) is 20.5. The highest BCUT2D eigenvalue weighted by Gasteiger charge is 2.29. The molecule has 0 saturated carbocycles. The molecule has 1 aromatic rings. The summed E-state index contributed by atoms with van der Waals surface area (Å²) >= 11 is 1.22. The molecule has 3 rings (SSSR count). The van der Waals surface area contributed by atoms with Gasteiger partial charge in [-0.25, -0.2) is 14.6 Å². The third-order valence-electron chi connectivity index (χ3n) is 3.60.